The summed E-state index contributed by atoms with van der Waals surface area (Å²) >= 11 is 0. The molecule has 1 saturated heterocycles. The van der Waals surface area contributed by atoms with Gasteiger partial charge < -0.3 is 19.3 Å². The van der Waals surface area contributed by atoms with E-state index >= 15 is 0 Å². The van der Waals surface area contributed by atoms with Gasteiger partial charge in [0.15, 0.2) is 0 Å². The van der Waals surface area contributed by atoms with Crippen LogP contribution in [0.15, 0.2) is 54.6 Å². The van der Waals surface area contributed by atoms with Gasteiger partial charge >= 0.3 is 11.9 Å². The van der Waals surface area contributed by atoms with Crippen LogP contribution in [0.5, 0.6) is 5.75 Å². The van der Waals surface area contributed by atoms with Gasteiger partial charge in [0.05, 0.1) is 0 Å². The highest BCUT2D eigenvalue weighted by Gasteiger charge is 2.66. The van der Waals surface area contributed by atoms with Crippen molar-refractivity contribution in [2.75, 3.05) is 0 Å². The first-order valence-electron chi connectivity index (χ1n) is 10.1. The van der Waals surface area contributed by atoms with Crippen LogP contribution in [0.3, 0.4) is 0 Å². The minimum atomic E-state index is -2.05. The fraction of sp³-hybridized carbons (Fsp3) is 0.417. The first-order valence-corrected chi connectivity index (χ1v) is 10.1. The van der Waals surface area contributed by atoms with Gasteiger partial charge in [-0.15, -0.1) is 0 Å². The van der Waals surface area contributed by atoms with Crippen molar-refractivity contribution in [3.05, 3.63) is 65.7 Å². The number of benzene rings is 2. The van der Waals surface area contributed by atoms with Crippen LogP contribution in [0.1, 0.15) is 52.0 Å². The normalized spacial score (nSPS) is 22.7. The Morgan fingerprint density at radius 1 is 1.06 bits per heavy atom. The summed E-state index contributed by atoms with van der Waals surface area (Å²) in [6.45, 7) is 8.63. The van der Waals surface area contributed by atoms with Crippen LogP contribution in [0, 0.1) is 0 Å². The van der Waals surface area contributed by atoms with E-state index in [4.69, 9.17) is 14.2 Å². The van der Waals surface area contributed by atoms with Gasteiger partial charge in [-0.2, -0.15) is 0 Å². The van der Waals surface area contributed by atoms with E-state index in [-0.39, 0.29) is 0 Å². The minimum absolute atomic E-state index is 0.437. The second-order valence-corrected chi connectivity index (χ2v) is 9.05. The van der Waals surface area contributed by atoms with Crippen molar-refractivity contribution in [3.63, 3.8) is 0 Å². The van der Waals surface area contributed by atoms with Crippen LogP contribution in [-0.2, 0) is 25.7 Å². The van der Waals surface area contributed by atoms with Crippen LogP contribution >= 0.6 is 0 Å². The molecule has 1 aliphatic rings. The van der Waals surface area contributed by atoms with Gasteiger partial charge in [0.2, 0.25) is 5.54 Å². The predicted molar refractivity (Wildman–Crippen MR) is 114 cm³/mol. The van der Waals surface area contributed by atoms with E-state index in [1.807, 2.05) is 30.3 Å². The zero-order chi connectivity index (χ0) is 22.9. The van der Waals surface area contributed by atoms with Crippen molar-refractivity contribution in [2.45, 2.75) is 64.2 Å². The standard InChI is InChI=1S/C24H29NO6/c1-22(2,3)31-21(28)24(20(26)27)23(4,5)30-19(25-24)17-11-13-18(14-12-17)29-15-16-9-7-6-8-10-16/h6-14,19,25H,15H2,1-5H3,(H,26,27)/t19-,24+/m0/s1. The summed E-state index contributed by atoms with van der Waals surface area (Å²) in [4.78, 5) is 25.2. The van der Waals surface area contributed by atoms with E-state index in [2.05, 4.69) is 5.32 Å². The smallest absolute Gasteiger partial charge is 0.341 e. The molecule has 0 radical (unpaired) electrons. The molecule has 0 saturated carbocycles. The lowest BCUT2D eigenvalue weighted by atomic mass is 9.83. The molecule has 2 aromatic rings. The summed E-state index contributed by atoms with van der Waals surface area (Å²) in [5, 5.41) is 12.9. The van der Waals surface area contributed by atoms with Crippen molar-refractivity contribution < 1.29 is 28.9 Å². The Balaban J connectivity index is 1.77. The van der Waals surface area contributed by atoms with Gasteiger partial charge in [-0.3, -0.25) is 5.32 Å². The third-order valence-corrected chi connectivity index (χ3v) is 5.12. The Bertz CT molecular complexity index is 933. The van der Waals surface area contributed by atoms with Gasteiger partial charge in [-0.05, 0) is 57.9 Å². The summed E-state index contributed by atoms with van der Waals surface area (Å²) in [6.07, 6.45) is -0.804. The topological polar surface area (TPSA) is 94.1 Å². The Labute approximate surface area is 182 Å². The molecule has 1 aliphatic heterocycles. The summed E-state index contributed by atoms with van der Waals surface area (Å²) in [5.41, 5.74) is -2.51. The van der Waals surface area contributed by atoms with Gasteiger partial charge in [0.25, 0.3) is 0 Å². The van der Waals surface area contributed by atoms with E-state index in [0.29, 0.717) is 17.9 Å². The fourth-order valence-electron chi connectivity index (χ4n) is 3.48. The van der Waals surface area contributed by atoms with Gasteiger partial charge in [-0.1, -0.05) is 42.5 Å². The Kier molecular flexibility index (Phi) is 6.11. The van der Waals surface area contributed by atoms with Crippen LogP contribution in [0.2, 0.25) is 0 Å². The van der Waals surface area contributed by atoms with Crippen LogP contribution in [0.4, 0.5) is 0 Å². The SMILES string of the molecule is CC(C)(C)OC(=O)[C@@]1(C(=O)O)N[C@H](c2ccc(OCc3ccccc3)cc2)OC1(C)C. The maximum absolute atomic E-state index is 12.9. The number of carbonyl (C=O) groups excluding carboxylic acids is 1. The number of rotatable bonds is 6. The summed E-state index contributed by atoms with van der Waals surface area (Å²) in [6, 6.07) is 16.9. The monoisotopic (exact) mass is 427 g/mol. The fourth-order valence-corrected chi connectivity index (χ4v) is 3.48. The molecule has 1 fully saturated rings. The minimum Gasteiger partial charge on any atom is -0.489 e. The highest BCUT2D eigenvalue weighted by molar-refractivity contribution is 6.06. The lowest BCUT2D eigenvalue weighted by Gasteiger charge is -2.35. The largest absolute Gasteiger partial charge is 0.489 e. The number of nitrogens with one attached hydrogen (secondary N) is 1. The molecule has 0 bridgehead atoms. The summed E-state index contributed by atoms with van der Waals surface area (Å²) < 4.78 is 17.2. The Morgan fingerprint density at radius 3 is 2.23 bits per heavy atom. The maximum atomic E-state index is 12.9. The van der Waals surface area contributed by atoms with Gasteiger partial charge in [0, 0.05) is 0 Å². The second-order valence-electron chi connectivity index (χ2n) is 9.05. The molecule has 2 N–H and O–H groups in total. The second kappa shape index (κ2) is 8.32. The first-order chi connectivity index (χ1) is 14.4. The molecule has 166 valence electrons. The molecule has 3 rings (SSSR count). The molecular formula is C24H29NO6. The van der Waals surface area contributed by atoms with Gasteiger partial charge in [-0.25, -0.2) is 9.59 Å². The highest BCUT2D eigenvalue weighted by atomic mass is 16.6. The molecule has 2 atom stereocenters. The quantitative estimate of drug-likeness (QED) is 0.534. The highest BCUT2D eigenvalue weighted by Crippen LogP contribution is 2.41. The number of ether oxygens (including phenoxy) is 3. The van der Waals surface area contributed by atoms with Crippen LogP contribution < -0.4 is 10.1 Å². The molecule has 0 aliphatic carbocycles. The lowest BCUT2D eigenvalue weighted by Crippen LogP contribution is -2.66. The number of esters is 1. The number of hydrogen-bond donors (Lipinski definition) is 2. The van der Waals surface area contributed by atoms with Gasteiger partial charge in [0.1, 0.15) is 29.8 Å². The Hall–Kier alpha value is -2.90. The van der Waals surface area contributed by atoms with Crippen LogP contribution in [0.25, 0.3) is 0 Å². The molecule has 31 heavy (non-hydrogen) atoms. The van der Waals surface area contributed by atoms with Crippen LogP contribution in [-0.4, -0.2) is 33.8 Å². The molecule has 2 aromatic carbocycles. The van der Waals surface area contributed by atoms with Crippen molar-refractivity contribution in [2.24, 2.45) is 0 Å². The van der Waals surface area contributed by atoms with E-state index in [9.17, 15) is 14.7 Å². The molecule has 7 nitrogen and oxygen atoms in total. The van der Waals surface area contributed by atoms with E-state index in [0.717, 1.165) is 5.56 Å². The lowest BCUT2D eigenvalue weighted by molar-refractivity contribution is -0.177. The molecular weight excluding hydrogens is 398 g/mol. The van der Waals surface area contributed by atoms with Crippen molar-refractivity contribution in [1.29, 1.82) is 0 Å². The number of aliphatic carboxylic acids is 1. The molecule has 1 heterocycles. The predicted octanol–water partition coefficient (Wildman–Crippen LogP) is 3.83. The molecule has 0 unspecified atom stereocenters. The molecule has 0 aromatic heterocycles. The van der Waals surface area contributed by atoms with Crippen molar-refractivity contribution in [3.8, 4) is 5.75 Å². The molecule has 0 spiro atoms. The number of carbonyl (C=O) groups is 2. The summed E-state index contributed by atoms with van der Waals surface area (Å²) in [5.74, 6) is -1.57. The average molecular weight is 427 g/mol. The van der Waals surface area contributed by atoms with E-state index < -0.39 is 34.9 Å². The summed E-state index contributed by atoms with van der Waals surface area (Å²) in [7, 11) is 0. The third-order valence-electron chi connectivity index (χ3n) is 5.12. The van der Waals surface area contributed by atoms with E-state index in [1.54, 1.807) is 58.9 Å². The van der Waals surface area contributed by atoms with E-state index in [1.165, 1.54) is 0 Å². The molecule has 0 amide bonds. The van der Waals surface area contributed by atoms with Crippen molar-refractivity contribution >= 4 is 11.9 Å². The zero-order valence-electron chi connectivity index (χ0n) is 18.5. The third kappa shape index (κ3) is 4.73. The van der Waals surface area contributed by atoms with Crippen molar-refractivity contribution in [1.82, 2.24) is 5.32 Å². The molecule has 7 heteroatoms. The maximum Gasteiger partial charge on any atom is 0.341 e. The number of carboxylic acids is 1. The Morgan fingerprint density at radius 2 is 1.68 bits per heavy atom. The average Bonchev–Trinajstić information content (AvgIpc) is 2.98. The number of hydrogen-bond acceptors (Lipinski definition) is 6. The number of carboxylic acid groups (broad SMARTS) is 1. The zero-order valence-corrected chi connectivity index (χ0v) is 18.5. The first kappa shape index (κ1) is 22.8.